The van der Waals surface area contributed by atoms with Gasteiger partial charge in [0, 0.05) is 30.2 Å². The predicted molar refractivity (Wildman–Crippen MR) is 162 cm³/mol. The van der Waals surface area contributed by atoms with Crippen molar-refractivity contribution in [2.45, 2.75) is 53.8 Å². The predicted octanol–water partition coefficient (Wildman–Crippen LogP) is 2.53. The van der Waals surface area contributed by atoms with E-state index >= 15 is 0 Å². The average Bonchev–Trinajstić information content (AvgIpc) is 3.66. The van der Waals surface area contributed by atoms with Crippen molar-refractivity contribution in [3.05, 3.63) is 49.6 Å². The SMILES string of the molecule is C=CCN(C)C(=O)[C@H]1[C@@H]2SC3(CC2Br)C(C(=O)N(CC=C)Cn2nnc4ccccc42)N([C@@H](CO)C(C)C)C(=O)[C@H]13. The van der Waals surface area contributed by atoms with Crippen LogP contribution in [0.3, 0.4) is 0 Å². The summed E-state index contributed by atoms with van der Waals surface area (Å²) in [4.78, 5) is 47.8. The van der Waals surface area contributed by atoms with Crippen LogP contribution >= 0.6 is 27.7 Å². The van der Waals surface area contributed by atoms with E-state index in [2.05, 4.69) is 39.4 Å². The highest BCUT2D eigenvalue weighted by atomic mass is 79.9. The number of carbonyl (C=O) groups excluding carboxylic acids is 3. The number of likely N-dealkylation sites (tertiary alicyclic amines) is 1. The molecule has 1 spiro atoms. The van der Waals surface area contributed by atoms with E-state index in [1.807, 2.05) is 38.1 Å². The van der Waals surface area contributed by atoms with Crippen LogP contribution in [-0.4, -0.2) is 106 Å². The van der Waals surface area contributed by atoms with Crippen molar-refractivity contribution in [2.24, 2.45) is 17.8 Å². The maximum atomic E-state index is 14.7. The molecular weight excluding hydrogens is 608 g/mol. The molecule has 3 amide bonds. The summed E-state index contributed by atoms with van der Waals surface area (Å²) in [6, 6.07) is 6.08. The molecule has 1 N–H and O–H groups in total. The fraction of sp³-hybridized carbons (Fsp3) is 0.552. The first-order valence-electron chi connectivity index (χ1n) is 13.9. The molecule has 41 heavy (non-hydrogen) atoms. The molecule has 0 radical (unpaired) electrons. The summed E-state index contributed by atoms with van der Waals surface area (Å²) in [5.41, 5.74) is 1.50. The van der Waals surface area contributed by atoms with Gasteiger partial charge >= 0.3 is 0 Å². The third-order valence-corrected chi connectivity index (χ3v) is 11.9. The number of hydrogen-bond acceptors (Lipinski definition) is 7. The molecular formula is C29H37BrN6O4S. The molecule has 4 heterocycles. The third-order valence-electron chi connectivity index (χ3n) is 8.73. The molecule has 3 saturated heterocycles. The minimum atomic E-state index is -0.869. The zero-order valence-electron chi connectivity index (χ0n) is 23.6. The lowest BCUT2D eigenvalue weighted by Crippen LogP contribution is -2.58. The van der Waals surface area contributed by atoms with Crippen LogP contribution in [0.15, 0.2) is 49.6 Å². The van der Waals surface area contributed by atoms with Gasteiger partial charge in [-0.25, -0.2) is 4.68 Å². The number of halogens is 1. The van der Waals surface area contributed by atoms with Crippen molar-refractivity contribution >= 4 is 56.4 Å². The Hall–Kier alpha value is -2.70. The number of rotatable bonds is 11. The number of aliphatic hydroxyl groups excluding tert-OH is 1. The van der Waals surface area contributed by atoms with Crippen LogP contribution in [-0.2, 0) is 21.1 Å². The Morgan fingerprint density at radius 3 is 2.61 bits per heavy atom. The summed E-state index contributed by atoms with van der Waals surface area (Å²) in [6.07, 6.45) is 3.88. The molecule has 12 heteroatoms. The lowest BCUT2D eigenvalue weighted by Gasteiger charge is -2.40. The van der Waals surface area contributed by atoms with Crippen LogP contribution in [0.1, 0.15) is 20.3 Å². The van der Waals surface area contributed by atoms with Crippen LogP contribution in [0, 0.1) is 17.8 Å². The second kappa shape index (κ2) is 11.5. The van der Waals surface area contributed by atoms with Gasteiger partial charge in [0.2, 0.25) is 17.7 Å². The van der Waals surface area contributed by atoms with Crippen LogP contribution in [0.4, 0.5) is 0 Å². The quantitative estimate of drug-likeness (QED) is 0.296. The summed E-state index contributed by atoms with van der Waals surface area (Å²) >= 11 is 5.40. The number of aromatic nitrogens is 3. The van der Waals surface area contributed by atoms with E-state index in [0.29, 0.717) is 18.5 Å². The second-order valence-electron chi connectivity index (χ2n) is 11.5. The molecule has 220 valence electrons. The topological polar surface area (TPSA) is 112 Å². The van der Waals surface area contributed by atoms with E-state index in [-0.39, 0.29) is 53.5 Å². The highest BCUT2D eigenvalue weighted by molar-refractivity contribution is 9.09. The number of amides is 3. The number of hydrogen-bond donors (Lipinski definition) is 1. The number of alkyl halides is 1. The first-order chi connectivity index (χ1) is 19.6. The Labute approximate surface area is 252 Å². The minimum absolute atomic E-state index is 0.0448. The minimum Gasteiger partial charge on any atom is -0.394 e. The van der Waals surface area contributed by atoms with Gasteiger partial charge in [0.05, 0.1) is 34.7 Å². The van der Waals surface area contributed by atoms with Crippen molar-refractivity contribution in [3.63, 3.8) is 0 Å². The van der Waals surface area contributed by atoms with Gasteiger partial charge in [-0.05, 0) is 24.5 Å². The molecule has 7 atom stereocenters. The number of para-hydroxylation sites is 1. The van der Waals surface area contributed by atoms with Crippen molar-refractivity contribution in [1.29, 1.82) is 0 Å². The molecule has 1 aromatic carbocycles. The Balaban J connectivity index is 1.59. The zero-order valence-corrected chi connectivity index (χ0v) is 26.0. The Bertz CT molecular complexity index is 1370. The molecule has 2 bridgehead atoms. The number of likely N-dealkylation sites (N-methyl/N-ethyl adjacent to an activating group) is 1. The van der Waals surface area contributed by atoms with Gasteiger partial charge in [-0.1, -0.05) is 59.3 Å². The lowest BCUT2D eigenvalue weighted by molar-refractivity contribution is -0.148. The summed E-state index contributed by atoms with van der Waals surface area (Å²) in [5, 5.41) is 18.9. The molecule has 2 aromatic rings. The van der Waals surface area contributed by atoms with Crippen molar-refractivity contribution < 1.29 is 19.5 Å². The Morgan fingerprint density at radius 1 is 1.24 bits per heavy atom. The number of thioether (sulfide) groups is 1. The van der Waals surface area contributed by atoms with Gasteiger partial charge in [0.15, 0.2) is 0 Å². The summed E-state index contributed by atoms with van der Waals surface area (Å²) < 4.78 is 0.844. The number of carbonyl (C=O) groups is 3. The molecule has 0 aliphatic carbocycles. The van der Waals surface area contributed by atoms with Gasteiger partial charge in [0.1, 0.15) is 18.2 Å². The molecule has 10 nitrogen and oxygen atoms in total. The maximum Gasteiger partial charge on any atom is 0.248 e. The first kappa shape index (κ1) is 29.8. The fourth-order valence-corrected chi connectivity index (χ4v) is 10.5. The molecule has 5 rings (SSSR count). The summed E-state index contributed by atoms with van der Waals surface area (Å²) in [7, 11) is 1.72. The summed E-state index contributed by atoms with van der Waals surface area (Å²) in [5.74, 6) is -1.98. The molecule has 3 aliphatic rings. The standard InChI is InChI=1S/C29H37BrN6O4S/c1-6-12-33(5)26(38)22-23-27(39)36(21(15-37)17(3)4)25(29(23)14-18(30)24(22)41-29)28(40)34(13-7-2)16-35-20-11-9-8-10-19(20)31-32-35/h6-11,17-18,21-25,37H,1-2,12-16H2,3-5H3/t18?,21-,22+,23-,24+,25?,29?/m0/s1. The molecule has 3 aliphatic heterocycles. The van der Waals surface area contributed by atoms with Gasteiger partial charge in [-0.15, -0.1) is 30.0 Å². The van der Waals surface area contributed by atoms with Crippen LogP contribution < -0.4 is 0 Å². The first-order valence-corrected chi connectivity index (χ1v) is 15.7. The largest absolute Gasteiger partial charge is 0.394 e. The van der Waals surface area contributed by atoms with Crippen molar-refractivity contribution in [3.8, 4) is 0 Å². The molecule has 3 unspecified atom stereocenters. The van der Waals surface area contributed by atoms with Gasteiger partial charge in [-0.3, -0.25) is 14.4 Å². The monoisotopic (exact) mass is 644 g/mol. The van der Waals surface area contributed by atoms with Crippen molar-refractivity contribution in [2.75, 3.05) is 26.7 Å². The number of fused-ring (bicyclic) bond motifs is 2. The van der Waals surface area contributed by atoms with Gasteiger partial charge in [0.25, 0.3) is 0 Å². The van der Waals surface area contributed by atoms with Crippen LogP contribution in [0.25, 0.3) is 11.0 Å². The smallest absolute Gasteiger partial charge is 0.248 e. The van der Waals surface area contributed by atoms with Gasteiger partial charge in [-0.2, -0.15) is 0 Å². The molecule has 3 fully saturated rings. The average molecular weight is 646 g/mol. The molecule has 0 saturated carbocycles. The maximum absolute atomic E-state index is 14.7. The van der Waals surface area contributed by atoms with E-state index in [9.17, 15) is 19.5 Å². The van der Waals surface area contributed by atoms with E-state index in [0.717, 1.165) is 5.52 Å². The second-order valence-corrected chi connectivity index (χ2v) is 14.2. The third kappa shape index (κ3) is 4.71. The van der Waals surface area contributed by atoms with E-state index < -0.39 is 28.7 Å². The highest BCUT2D eigenvalue weighted by Gasteiger charge is 2.76. The van der Waals surface area contributed by atoms with E-state index in [1.54, 1.807) is 50.3 Å². The Morgan fingerprint density at radius 2 is 1.95 bits per heavy atom. The highest BCUT2D eigenvalue weighted by Crippen LogP contribution is 2.68. The molecule has 1 aromatic heterocycles. The van der Waals surface area contributed by atoms with E-state index in [4.69, 9.17) is 0 Å². The van der Waals surface area contributed by atoms with Crippen LogP contribution in [0.2, 0.25) is 0 Å². The van der Waals surface area contributed by atoms with Crippen molar-refractivity contribution in [1.82, 2.24) is 29.7 Å². The van der Waals surface area contributed by atoms with Crippen LogP contribution in [0.5, 0.6) is 0 Å². The fourth-order valence-electron chi connectivity index (χ4n) is 6.87. The Kier molecular flexibility index (Phi) is 8.37. The van der Waals surface area contributed by atoms with Gasteiger partial charge < -0.3 is 19.8 Å². The number of benzene rings is 1. The zero-order chi connectivity index (χ0) is 29.6. The van der Waals surface area contributed by atoms with E-state index in [1.165, 1.54) is 0 Å². The lowest BCUT2D eigenvalue weighted by atomic mass is 9.70. The number of aliphatic hydroxyl groups is 1. The summed E-state index contributed by atoms with van der Waals surface area (Å²) in [6.45, 7) is 11.9. The normalized spacial score (nSPS) is 29.2. The number of nitrogens with zero attached hydrogens (tertiary/aromatic N) is 6.